The summed E-state index contributed by atoms with van der Waals surface area (Å²) < 4.78 is 0.296. The molecule has 0 saturated carbocycles. The van der Waals surface area contributed by atoms with E-state index in [-0.39, 0.29) is 0 Å². The van der Waals surface area contributed by atoms with E-state index >= 15 is 0 Å². The molecule has 0 atom stereocenters. The molecule has 1 N–H and O–H groups in total. The van der Waals surface area contributed by atoms with Crippen molar-refractivity contribution >= 4 is 40.3 Å². The van der Waals surface area contributed by atoms with Gasteiger partial charge in [-0.15, -0.1) is 28.1 Å². The van der Waals surface area contributed by atoms with E-state index in [0.717, 1.165) is 28.8 Å². The zero-order valence-corrected chi connectivity index (χ0v) is 17.2. The zero-order chi connectivity index (χ0) is 19.7. The van der Waals surface area contributed by atoms with Crippen molar-refractivity contribution < 1.29 is 4.79 Å². The summed E-state index contributed by atoms with van der Waals surface area (Å²) in [6.07, 6.45) is 3.04. The quantitative estimate of drug-likeness (QED) is 0.320. The number of nitrogens with one attached hydrogen (secondary N) is 1. The van der Waals surface area contributed by atoms with E-state index < -0.39 is 5.54 Å². The van der Waals surface area contributed by atoms with E-state index in [4.69, 9.17) is 0 Å². The van der Waals surface area contributed by atoms with Gasteiger partial charge < -0.3 is 0 Å². The van der Waals surface area contributed by atoms with Gasteiger partial charge in [-0.05, 0) is 21.9 Å². The van der Waals surface area contributed by atoms with Crippen molar-refractivity contribution in [3.63, 3.8) is 0 Å². The molecule has 1 aliphatic heterocycles. The first-order chi connectivity index (χ1) is 14.3. The van der Waals surface area contributed by atoms with Crippen molar-refractivity contribution in [1.82, 2.24) is 10.0 Å². The average Bonchev–Trinajstić information content (AvgIpc) is 3.55. The van der Waals surface area contributed by atoms with Crippen molar-refractivity contribution in [3.05, 3.63) is 117 Å². The molecule has 0 amide bonds. The minimum Gasteiger partial charge on any atom is -0.298 e. The normalized spacial score (nSPS) is 17.0. The Labute approximate surface area is 177 Å². The lowest BCUT2D eigenvalue weighted by Gasteiger charge is -2.36. The van der Waals surface area contributed by atoms with Gasteiger partial charge in [0.05, 0.1) is 16.3 Å². The van der Waals surface area contributed by atoms with Crippen LogP contribution in [0.15, 0.2) is 106 Å². The first kappa shape index (κ1) is 18.2. The summed E-state index contributed by atoms with van der Waals surface area (Å²) in [5.74, 6) is 0. The van der Waals surface area contributed by atoms with Gasteiger partial charge in [-0.25, -0.2) is 0 Å². The Bertz CT molecular complexity index is 1060. The molecular weight excluding hydrogens is 396 g/mol. The third kappa shape index (κ3) is 2.74. The van der Waals surface area contributed by atoms with E-state index in [1.165, 1.54) is 0 Å². The van der Waals surface area contributed by atoms with Crippen molar-refractivity contribution in [2.45, 2.75) is 5.54 Å². The molecule has 2 aromatic heterocycles. The van der Waals surface area contributed by atoms with Gasteiger partial charge in [-0.1, -0.05) is 60.7 Å². The second-order valence-corrected chi connectivity index (χ2v) is 8.54. The average molecular weight is 416 g/mol. The van der Waals surface area contributed by atoms with Crippen LogP contribution in [0.2, 0.25) is 0 Å². The van der Waals surface area contributed by atoms with Crippen molar-refractivity contribution in [1.29, 1.82) is 0 Å². The van der Waals surface area contributed by atoms with E-state index in [9.17, 15) is 4.79 Å². The second kappa shape index (κ2) is 7.21. The van der Waals surface area contributed by atoms with Gasteiger partial charge in [0.2, 0.25) is 0 Å². The minimum atomic E-state index is -0.756. The first-order valence-corrected chi connectivity index (χ1v) is 11.2. The largest absolute Gasteiger partial charge is 0.298 e. The monoisotopic (exact) mass is 415 g/mol. The van der Waals surface area contributed by atoms with Gasteiger partial charge in [0, 0.05) is 12.1 Å². The summed E-state index contributed by atoms with van der Waals surface area (Å²) in [4.78, 5) is 12.5. The van der Waals surface area contributed by atoms with Crippen LogP contribution in [0.1, 0.15) is 11.1 Å². The van der Waals surface area contributed by atoms with Crippen LogP contribution in [0, 0.1) is 0 Å². The number of rotatable bonds is 5. The number of carbonyl (C=O) groups is 1. The lowest BCUT2D eigenvalue weighted by Crippen LogP contribution is -2.56. The van der Waals surface area contributed by atoms with E-state index in [1.54, 1.807) is 22.7 Å². The summed E-state index contributed by atoms with van der Waals surface area (Å²) >= 11 is 3.31. The lowest BCUT2D eigenvalue weighted by atomic mass is 9.79. The van der Waals surface area contributed by atoms with Crippen molar-refractivity contribution in [3.8, 4) is 0 Å². The molecule has 29 heavy (non-hydrogen) atoms. The highest BCUT2D eigenvalue weighted by Gasteiger charge is 2.54. The van der Waals surface area contributed by atoms with Crippen LogP contribution < -0.4 is 10.0 Å². The van der Waals surface area contributed by atoms with Crippen LogP contribution in [0.5, 0.6) is 0 Å². The lowest BCUT2D eigenvalue weighted by molar-refractivity contribution is -0.105. The minimum absolute atomic E-state index is 0.296. The highest BCUT2D eigenvalue weighted by Crippen LogP contribution is 2.48. The smallest absolute Gasteiger partial charge is 0.172 e. The van der Waals surface area contributed by atoms with E-state index in [0.29, 0.717) is 10.2 Å². The maximum atomic E-state index is 12.5. The number of hydrogen-bond acceptors (Lipinski definition) is 4. The predicted molar refractivity (Wildman–Crippen MR) is 121 cm³/mol. The highest BCUT2D eigenvalue weighted by atomic mass is 32.1. The maximum absolute atomic E-state index is 12.5. The fraction of sp³-hybridized carbons (Fsp3) is 0.0417. The molecule has 0 spiro atoms. The van der Waals surface area contributed by atoms with Crippen LogP contribution in [-0.2, 0) is 10.3 Å². The van der Waals surface area contributed by atoms with Gasteiger partial charge in [-0.2, -0.15) is 4.59 Å². The Kier molecular flexibility index (Phi) is 4.53. The van der Waals surface area contributed by atoms with E-state index in [2.05, 4.69) is 69.5 Å². The maximum Gasteiger partial charge on any atom is 0.172 e. The standard InChI is InChI=1S/C24H19N2OS2/c27-16-21-15-26(22-11-13-28-17-22,23-12-14-29-18-23)25-24(21,19-7-3-1-4-8-19)20-9-5-2-6-10-20/h1-18,25H/q+1. The molecule has 4 aromatic rings. The highest BCUT2D eigenvalue weighted by molar-refractivity contribution is 7.08. The van der Waals surface area contributed by atoms with Crippen molar-refractivity contribution in [2.24, 2.45) is 0 Å². The molecule has 3 nitrogen and oxygen atoms in total. The van der Waals surface area contributed by atoms with Crippen LogP contribution in [0.3, 0.4) is 0 Å². The summed E-state index contributed by atoms with van der Waals surface area (Å²) in [5, 5.41) is 8.41. The Morgan fingerprint density at radius 1 is 0.759 bits per heavy atom. The second-order valence-electron chi connectivity index (χ2n) is 6.98. The number of aldehydes is 1. The molecule has 0 saturated heterocycles. The Morgan fingerprint density at radius 2 is 1.28 bits per heavy atom. The number of benzene rings is 2. The molecule has 5 rings (SSSR count). The zero-order valence-electron chi connectivity index (χ0n) is 15.6. The third-order valence-corrected chi connectivity index (χ3v) is 6.82. The van der Waals surface area contributed by atoms with Gasteiger partial charge >= 0.3 is 0 Å². The fourth-order valence-corrected chi connectivity index (χ4v) is 5.50. The van der Waals surface area contributed by atoms with Crippen molar-refractivity contribution in [2.75, 3.05) is 0 Å². The summed E-state index contributed by atoms with van der Waals surface area (Å²) in [6.45, 7) is 0. The third-order valence-electron chi connectivity index (χ3n) is 5.48. The van der Waals surface area contributed by atoms with Gasteiger partial charge in [0.25, 0.3) is 0 Å². The number of nitrogens with zero attached hydrogens (tertiary/aromatic N) is 1. The predicted octanol–water partition coefficient (Wildman–Crippen LogP) is 5.99. The molecule has 0 fully saturated rings. The number of hydrogen-bond donors (Lipinski definition) is 1. The first-order valence-electron chi connectivity index (χ1n) is 9.33. The van der Waals surface area contributed by atoms with Gasteiger partial charge in [0.15, 0.2) is 23.2 Å². The van der Waals surface area contributed by atoms with Crippen LogP contribution in [-0.4, -0.2) is 6.29 Å². The number of thiophene rings is 2. The Morgan fingerprint density at radius 3 is 1.69 bits per heavy atom. The molecule has 0 bridgehead atoms. The van der Waals surface area contributed by atoms with E-state index in [1.807, 2.05) is 36.4 Å². The fourth-order valence-electron chi connectivity index (χ4n) is 4.13. The Balaban J connectivity index is 1.82. The van der Waals surface area contributed by atoms with Gasteiger partial charge in [0.1, 0.15) is 6.20 Å². The molecule has 5 heteroatoms. The SMILES string of the molecule is O=CC1=C[N+](c2ccsc2)(c2ccsc2)NC1(c1ccccc1)c1ccccc1. The molecule has 2 aromatic carbocycles. The summed E-state index contributed by atoms with van der Waals surface area (Å²) in [5.41, 5.74) is 8.07. The number of quaternary nitrogens is 1. The van der Waals surface area contributed by atoms with Gasteiger partial charge in [-0.3, -0.25) is 4.79 Å². The summed E-state index contributed by atoms with van der Waals surface area (Å²) in [6, 6.07) is 24.6. The topological polar surface area (TPSA) is 29.1 Å². The molecule has 0 unspecified atom stereocenters. The molecule has 142 valence electrons. The molecular formula is C24H19N2OS2+. The molecule has 0 radical (unpaired) electrons. The van der Waals surface area contributed by atoms with Crippen LogP contribution >= 0.6 is 22.7 Å². The molecule has 0 aliphatic carbocycles. The Hall–Kier alpha value is -2.83. The molecule has 1 aliphatic rings. The van der Waals surface area contributed by atoms with Crippen LogP contribution in [0.25, 0.3) is 0 Å². The number of carbonyl (C=O) groups excluding carboxylic acids is 1. The summed E-state index contributed by atoms with van der Waals surface area (Å²) in [7, 11) is 0. The van der Waals surface area contributed by atoms with Crippen LogP contribution in [0.4, 0.5) is 11.4 Å². The molecule has 3 heterocycles.